The van der Waals surface area contributed by atoms with Crippen LogP contribution in [0.1, 0.15) is 44.6 Å². The number of rotatable bonds is 5. The van der Waals surface area contributed by atoms with Crippen molar-refractivity contribution in [3.05, 3.63) is 35.9 Å². The third-order valence-electron chi connectivity index (χ3n) is 4.29. The maximum atomic E-state index is 12.1. The van der Waals surface area contributed by atoms with Crippen molar-refractivity contribution < 1.29 is 4.79 Å². The second-order valence-electron chi connectivity index (χ2n) is 6.10. The number of aryl methyl sites for hydroxylation is 1. The molecule has 1 atom stereocenters. The Morgan fingerprint density at radius 1 is 1.25 bits per heavy atom. The normalized spacial score (nSPS) is 24.1. The summed E-state index contributed by atoms with van der Waals surface area (Å²) in [6.07, 6.45) is 6.18. The molecule has 2 rings (SSSR count). The van der Waals surface area contributed by atoms with Crippen LogP contribution in [0.15, 0.2) is 30.3 Å². The van der Waals surface area contributed by atoms with Crippen LogP contribution in [-0.4, -0.2) is 18.0 Å². The van der Waals surface area contributed by atoms with Gasteiger partial charge in [0, 0.05) is 6.04 Å². The maximum Gasteiger partial charge on any atom is 0.237 e. The SMILES string of the molecule is CC1CCC(NC(=O)[C@@H](N)CCc2ccccc2)CC1. The zero-order valence-electron chi connectivity index (χ0n) is 12.3. The molecule has 3 nitrogen and oxygen atoms in total. The van der Waals surface area contributed by atoms with E-state index in [1.807, 2.05) is 18.2 Å². The number of nitrogens with one attached hydrogen (secondary N) is 1. The van der Waals surface area contributed by atoms with Gasteiger partial charge < -0.3 is 11.1 Å². The van der Waals surface area contributed by atoms with Gasteiger partial charge in [0.2, 0.25) is 5.91 Å². The molecule has 0 bridgehead atoms. The van der Waals surface area contributed by atoms with Gasteiger partial charge in [-0.05, 0) is 50.0 Å². The highest BCUT2D eigenvalue weighted by Gasteiger charge is 2.22. The molecule has 0 aromatic heterocycles. The van der Waals surface area contributed by atoms with Crippen LogP contribution in [0.4, 0.5) is 0 Å². The molecule has 20 heavy (non-hydrogen) atoms. The van der Waals surface area contributed by atoms with Crippen molar-refractivity contribution in [1.82, 2.24) is 5.32 Å². The summed E-state index contributed by atoms with van der Waals surface area (Å²) in [5, 5.41) is 3.11. The third kappa shape index (κ3) is 4.64. The molecular formula is C17H26N2O. The number of hydrogen-bond acceptors (Lipinski definition) is 2. The molecule has 0 unspecified atom stereocenters. The Hall–Kier alpha value is -1.35. The van der Waals surface area contributed by atoms with Gasteiger partial charge in [0.25, 0.3) is 0 Å². The zero-order valence-corrected chi connectivity index (χ0v) is 12.3. The average Bonchev–Trinajstić information content (AvgIpc) is 2.48. The van der Waals surface area contributed by atoms with Crippen LogP contribution in [0, 0.1) is 5.92 Å². The summed E-state index contributed by atoms with van der Waals surface area (Å²) >= 11 is 0. The maximum absolute atomic E-state index is 12.1. The average molecular weight is 274 g/mol. The van der Waals surface area contributed by atoms with E-state index in [4.69, 9.17) is 5.73 Å². The Morgan fingerprint density at radius 3 is 2.55 bits per heavy atom. The van der Waals surface area contributed by atoms with Crippen LogP contribution in [0.5, 0.6) is 0 Å². The first-order valence-electron chi connectivity index (χ1n) is 7.75. The molecule has 0 aliphatic heterocycles. The van der Waals surface area contributed by atoms with Gasteiger partial charge in [0.05, 0.1) is 6.04 Å². The van der Waals surface area contributed by atoms with E-state index in [1.165, 1.54) is 18.4 Å². The number of amides is 1. The predicted molar refractivity (Wildman–Crippen MR) is 82.3 cm³/mol. The molecule has 1 aromatic carbocycles. The van der Waals surface area contributed by atoms with E-state index in [2.05, 4.69) is 24.4 Å². The molecular weight excluding hydrogens is 248 g/mol. The molecule has 0 saturated heterocycles. The Kier molecular flexibility index (Phi) is 5.60. The number of hydrogen-bond donors (Lipinski definition) is 2. The fourth-order valence-corrected chi connectivity index (χ4v) is 2.81. The van der Waals surface area contributed by atoms with Crippen molar-refractivity contribution in [3.63, 3.8) is 0 Å². The van der Waals surface area contributed by atoms with Gasteiger partial charge >= 0.3 is 0 Å². The predicted octanol–water partition coefficient (Wildman–Crippen LogP) is 2.64. The molecule has 1 aliphatic carbocycles. The Bertz CT molecular complexity index is 410. The smallest absolute Gasteiger partial charge is 0.237 e. The van der Waals surface area contributed by atoms with E-state index >= 15 is 0 Å². The van der Waals surface area contributed by atoms with Gasteiger partial charge in [-0.25, -0.2) is 0 Å². The molecule has 110 valence electrons. The zero-order chi connectivity index (χ0) is 14.4. The summed E-state index contributed by atoms with van der Waals surface area (Å²) in [5.41, 5.74) is 7.24. The highest BCUT2D eigenvalue weighted by Crippen LogP contribution is 2.23. The summed E-state index contributed by atoms with van der Waals surface area (Å²) in [5.74, 6) is 0.815. The number of nitrogens with two attached hydrogens (primary N) is 1. The quantitative estimate of drug-likeness (QED) is 0.867. The lowest BCUT2D eigenvalue weighted by molar-refractivity contribution is -0.123. The minimum Gasteiger partial charge on any atom is -0.352 e. The van der Waals surface area contributed by atoms with Crippen LogP contribution in [0.2, 0.25) is 0 Å². The third-order valence-corrected chi connectivity index (χ3v) is 4.29. The van der Waals surface area contributed by atoms with Crippen molar-refractivity contribution in [1.29, 1.82) is 0 Å². The first kappa shape index (κ1) is 15.0. The van der Waals surface area contributed by atoms with Crippen molar-refractivity contribution in [2.45, 2.75) is 57.5 Å². The second-order valence-corrected chi connectivity index (χ2v) is 6.10. The molecule has 1 saturated carbocycles. The number of carbonyl (C=O) groups is 1. The lowest BCUT2D eigenvalue weighted by Crippen LogP contribution is -2.46. The van der Waals surface area contributed by atoms with E-state index in [0.29, 0.717) is 12.5 Å². The molecule has 1 amide bonds. The highest BCUT2D eigenvalue weighted by molar-refractivity contribution is 5.81. The summed E-state index contributed by atoms with van der Waals surface area (Å²) < 4.78 is 0. The minimum atomic E-state index is -0.394. The van der Waals surface area contributed by atoms with Gasteiger partial charge in [-0.15, -0.1) is 0 Å². The molecule has 0 spiro atoms. The van der Waals surface area contributed by atoms with E-state index in [0.717, 1.165) is 25.2 Å². The van der Waals surface area contributed by atoms with Crippen molar-refractivity contribution in [2.75, 3.05) is 0 Å². The second kappa shape index (κ2) is 7.44. The Balaban J connectivity index is 1.72. The fraction of sp³-hybridized carbons (Fsp3) is 0.588. The molecule has 0 radical (unpaired) electrons. The van der Waals surface area contributed by atoms with Crippen molar-refractivity contribution in [3.8, 4) is 0 Å². The van der Waals surface area contributed by atoms with Crippen molar-refractivity contribution >= 4 is 5.91 Å². The lowest BCUT2D eigenvalue weighted by atomic mass is 9.87. The molecule has 1 aromatic rings. The van der Waals surface area contributed by atoms with Gasteiger partial charge in [-0.2, -0.15) is 0 Å². The number of carbonyl (C=O) groups excluding carboxylic acids is 1. The van der Waals surface area contributed by atoms with Crippen LogP contribution < -0.4 is 11.1 Å². The monoisotopic (exact) mass is 274 g/mol. The topological polar surface area (TPSA) is 55.1 Å². The summed E-state index contributed by atoms with van der Waals surface area (Å²) in [4.78, 5) is 12.1. The highest BCUT2D eigenvalue weighted by atomic mass is 16.2. The fourth-order valence-electron chi connectivity index (χ4n) is 2.81. The van der Waals surface area contributed by atoms with Gasteiger partial charge in [-0.1, -0.05) is 37.3 Å². The first-order chi connectivity index (χ1) is 9.65. The van der Waals surface area contributed by atoms with E-state index < -0.39 is 6.04 Å². The molecule has 0 heterocycles. The Morgan fingerprint density at radius 2 is 1.90 bits per heavy atom. The minimum absolute atomic E-state index is 0.0143. The summed E-state index contributed by atoms with van der Waals surface area (Å²) in [6.45, 7) is 2.28. The van der Waals surface area contributed by atoms with E-state index in [9.17, 15) is 4.79 Å². The van der Waals surface area contributed by atoms with Gasteiger partial charge in [-0.3, -0.25) is 4.79 Å². The lowest BCUT2D eigenvalue weighted by Gasteiger charge is -2.27. The van der Waals surface area contributed by atoms with Crippen LogP contribution in [0.25, 0.3) is 0 Å². The number of benzene rings is 1. The van der Waals surface area contributed by atoms with Gasteiger partial charge in [0.1, 0.15) is 0 Å². The van der Waals surface area contributed by atoms with Crippen LogP contribution in [0.3, 0.4) is 0 Å². The molecule has 3 N–H and O–H groups in total. The largest absolute Gasteiger partial charge is 0.352 e. The standard InChI is InChI=1S/C17H26N2O/c1-13-7-10-15(11-8-13)19-17(20)16(18)12-9-14-5-3-2-4-6-14/h2-6,13,15-16H,7-12,18H2,1H3,(H,19,20)/t13?,15?,16-/m0/s1. The van der Waals surface area contributed by atoms with Crippen LogP contribution in [-0.2, 0) is 11.2 Å². The molecule has 1 aliphatic rings. The summed E-state index contributed by atoms with van der Waals surface area (Å²) in [6, 6.07) is 10.1. The first-order valence-corrected chi connectivity index (χ1v) is 7.75. The van der Waals surface area contributed by atoms with E-state index in [-0.39, 0.29) is 5.91 Å². The van der Waals surface area contributed by atoms with Gasteiger partial charge in [0.15, 0.2) is 0 Å². The van der Waals surface area contributed by atoms with Crippen LogP contribution >= 0.6 is 0 Å². The van der Waals surface area contributed by atoms with E-state index in [1.54, 1.807) is 0 Å². The van der Waals surface area contributed by atoms with Crippen molar-refractivity contribution in [2.24, 2.45) is 11.7 Å². The molecule has 3 heteroatoms. The molecule has 1 fully saturated rings. The summed E-state index contributed by atoms with van der Waals surface area (Å²) in [7, 11) is 0. The Labute approximate surface area is 121 Å².